The number of rotatable bonds is 9. The van der Waals surface area contributed by atoms with Crippen molar-refractivity contribution in [2.24, 2.45) is 0 Å². The first-order valence-electron chi connectivity index (χ1n) is 29.5. The van der Waals surface area contributed by atoms with E-state index in [1.165, 1.54) is 52.0 Å². The molecule has 0 aliphatic carbocycles. The molecule has 0 unspecified atom stereocenters. The lowest BCUT2D eigenvalue weighted by Crippen LogP contribution is -2.08. The third-order valence-corrected chi connectivity index (χ3v) is 17.5. The summed E-state index contributed by atoms with van der Waals surface area (Å²) in [7, 11) is 0. The first-order chi connectivity index (χ1) is 43.8. The van der Waals surface area contributed by atoms with Gasteiger partial charge in [0.25, 0.3) is 0 Å². The molecule has 0 aliphatic rings. The van der Waals surface area contributed by atoms with E-state index in [-0.39, 0.29) is 33.4 Å². The van der Waals surface area contributed by atoms with E-state index in [1.54, 1.807) is 91.0 Å². The minimum Gasteiger partial charge on any atom is -0.166 e. The van der Waals surface area contributed by atoms with Crippen LogP contribution in [0.2, 0.25) is 0 Å². The van der Waals surface area contributed by atoms with Gasteiger partial charge in [-0.15, -0.1) is 0 Å². The lowest BCUT2D eigenvalue weighted by atomic mass is 9.78. The summed E-state index contributed by atoms with van der Waals surface area (Å²) >= 11 is 0. The summed E-state index contributed by atoms with van der Waals surface area (Å²) in [4.78, 5) is 0. The Bertz CT molecular complexity index is 5050. The van der Waals surface area contributed by atoms with Crippen LogP contribution in [0.25, 0.3) is 132 Å². The van der Waals surface area contributed by atoms with Gasteiger partial charge in [-0.25, -0.2) is 0 Å². The van der Waals surface area contributed by atoms with Gasteiger partial charge in [0.1, 0.15) is 0 Å². The van der Waals surface area contributed by atoms with Gasteiger partial charge in [-0.3, -0.25) is 0 Å². The first-order valence-corrected chi connectivity index (χ1v) is 29.5. The van der Waals surface area contributed by atoms with Crippen molar-refractivity contribution in [2.45, 2.75) is 52.4 Å². The van der Waals surface area contributed by atoms with Gasteiger partial charge < -0.3 is 0 Å². The van der Waals surface area contributed by atoms with Crippen LogP contribution in [0.1, 0.15) is 44.5 Å². The second-order valence-corrected chi connectivity index (χ2v) is 23.3. The van der Waals surface area contributed by atoms with E-state index in [0.29, 0.717) is 77.5 Å². The maximum absolute atomic E-state index is 15.1. The number of halogens is 12. The molecule has 0 saturated carbocycles. The third kappa shape index (κ3) is 11.2. The molecule has 13 rings (SSSR count). The van der Waals surface area contributed by atoms with Crippen LogP contribution in [0.5, 0.6) is 0 Å². The Kier molecular flexibility index (Phi) is 15.1. The highest BCUT2D eigenvalue weighted by molar-refractivity contribution is 6.23. The minimum absolute atomic E-state index is 0.00361. The standard InChI is InChI=1S/C80H52F12/c1-45-21-25-56(41-67(45)77(81,82)83)49-29-33-52(34-30-49)71-61-17-8-9-18-62(61)72(53-35-31-50(32-36-53)57-26-22-46(2)68(42-57)78(84,85)86)66-40-55(37-38-65(66)71)54-15-12-16-58(39-54)76-74(60-28-24-48(4)70(44-60)80(90,91)92)64-20-11-10-19-63(64)73(75(76)51-13-6-5-7-14-51)59-27-23-47(3)69(43-59)79(87,88)89/h5-44H,1-4H3. The van der Waals surface area contributed by atoms with Crippen molar-refractivity contribution in [3.8, 4) is 100 Å². The molecule has 13 aromatic carbocycles. The highest BCUT2D eigenvalue weighted by Crippen LogP contribution is 2.54. The third-order valence-electron chi connectivity index (χ3n) is 17.5. The molecule has 13 aromatic rings. The van der Waals surface area contributed by atoms with Crippen LogP contribution < -0.4 is 0 Å². The molecule has 0 aliphatic heterocycles. The number of alkyl halides is 12. The Labute approximate surface area is 522 Å². The molecular formula is C80H52F12. The number of fused-ring (bicyclic) bond motifs is 3. The molecule has 0 fully saturated rings. The van der Waals surface area contributed by atoms with Gasteiger partial charge in [0, 0.05) is 0 Å². The average molecular weight is 1240 g/mol. The minimum atomic E-state index is -4.74. The number of hydrogen-bond acceptors (Lipinski definition) is 0. The predicted octanol–water partition coefficient (Wildman–Crippen LogP) is 25.5. The SMILES string of the molecule is Cc1ccc(-c2ccc(-c3c4ccccc4c(-c4ccc(-c5ccc(C)c(C(F)(F)F)c5)cc4)c4cc(-c5cccc(-c6c(-c7ccccc7)c(-c7ccc(C)c(C(F)(F)F)c7)c7ccccc7c6-c6ccc(C)c(C(F)(F)F)c6)c5)ccc34)cc2)cc1C(F)(F)F. The summed E-state index contributed by atoms with van der Waals surface area (Å²) in [5.41, 5.74) is 6.74. The van der Waals surface area contributed by atoms with Crippen LogP contribution in [-0.4, -0.2) is 0 Å². The van der Waals surface area contributed by atoms with E-state index < -0.39 is 47.0 Å². The van der Waals surface area contributed by atoms with Crippen LogP contribution in [0.4, 0.5) is 52.7 Å². The number of hydrogen-bond donors (Lipinski definition) is 0. The lowest BCUT2D eigenvalue weighted by Gasteiger charge is -2.25. The normalized spacial score (nSPS) is 12.3. The molecule has 0 nitrogen and oxygen atoms in total. The van der Waals surface area contributed by atoms with Crippen molar-refractivity contribution >= 4 is 32.3 Å². The Hall–Kier alpha value is -10.2. The van der Waals surface area contributed by atoms with E-state index in [4.69, 9.17) is 0 Å². The van der Waals surface area contributed by atoms with E-state index in [2.05, 4.69) is 0 Å². The predicted molar refractivity (Wildman–Crippen MR) is 347 cm³/mol. The van der Waals surface area contributed by atoms with Gasteiger partial charge >= 0.3 is 24.7 Å². The summed E-state index contributed by atoms with van der Waals surface area (Å²) in [5, 5.41) is 4.18. The molecule has 0 spiro atoms. The highest BCUT2D eigenvalue weighted by atomic mass is 19.4. The van der Waals surface area contributed by atoms with Crippen LogP contribution in [0, 0.1) is 27.7 Å². The summed E-state index contributed by atoms with van der Waals surface area (Å²) in [6.45, 7) is 5.61. The molecule has 92 heavy (non-hydrogen) atoms. The van der Waals surface area contributed by atoms with Crippen molar-refractivity contribution in [3.05, 3.63) is 287 Å². The molecule has 0 heterocycles. The summed E-state index contributed by atoms with van der Waals surface area (Å²) in [6, 6.07) is 68.9. The fraction of sp³-hybridized carbons (Fsp3) is 0.100. The van der Waals surface area contributed by atoms with Crippen LogP contribution in [0.3, 0.4) is 0 Å². The Morgan fingerprint density at radius 2 is 0.424 bits per heavy atom. The van der Waals surface area contributed by atoms with Crippen LogP contribution >= 0.6 is 0 Å². The smallest absolute Gasteiger partial charge is 0.166 e. The zero-order chi connectivity index (χ0) is 64.8. The van der Waals surface area contributed by atoms with Crippen molar-refractivity contribution in [2.75, 3.05) is 0 Å². The number of benzene rings is 13. The zero-order valence-corrected chi connectivity index (χ0v) is 49.6. The molecule has 0 N–H and O–H groups in total. The van der Waals surface area contributed by atoms with Gasteiger partial charge in [-0.2, -0.15) is 52.7 Å². The average Bonchev–Trinajstić information content (AvgIpc) is 0.728. The van der Waals surface area contributed by atoms with Gasteiger partial charge in [0.05, 0.1) is 22.3 Å². The molecule has 0 saturated heterocycles. The van der Waals surface area contributed by atoms with Crippen LogP contribution in [-0.2, 0) is 24.7 Å². The molecule has 0 amide bonds. The maximum atomic E-state index is 15.1. The van der Waals surface area contributed by atoms with E-state index in [9.17, 15) is 39.5 Å². The summed E-state index contributed by atoms with van der Waals surface area (Å²) in [6.07, 6.45) is -18.6. The fourth-order valence-corrected chi connectivity index (χ4v) is 13.1. The molecule has 12 heteroatoms. The van der Waals surface area contributed by atoms with Crippen molar-refractivity contribution in [1.29, 1.82) is 0 Å². The Morgan fingerprint density at radius 3 is 0.837 bits per heavy atom. The van der Waals surface area contributed by atoms with Gasteiger partial charge in [0.2, 0.25) is 0 Å². The molecule has 456 valence electrons. The fourth-order valence-electron chi connectivity index (χ4n) is 13.1. The van der Waals surface area contributed by atoms with E-state index >= 15 is 13.2 Å². The molecule has 0 aromatic heterocycles. The summed E-state index contributed by atoms with van der Waals surface area (Å²) in [5.74, 6) is 0. The first kappa shape index (κ1) is 60.7. The molecule has 0 radical (unpaired) electrons. The summed E-state index contributed by atoms with van der Waals surface area (Å²) < 4.78 is 176. The molecule has 0 atom stereocenters. The second kappa shape index (κ2) is 22.9. The van der Waals surface area contributed by atoms with Crippen molar-refractivity contribution < 1.29 is 52.7 Å². The zero-order valence-electron chi connectivity index (χ0n) is 49.6. The van der Waals surface area contributed by atoms with Gasteiger partial charge in [0.15, 0.2) is 0 Å². The van der Waals surface area contributed by atoms with E-state index in [1.807, 2.05) is 103 Å². The van der Waals surface area contributed by atoms with Gasteiger partial charge in [-0.05, 0) is 219 Å². The Balaban J connectivity index is 1.07. The monoisotopic (exact) mass is 1240 g/mol. The van der Waals surface area contributed by atoms with Crippen LogP contribution in [0.15, 0.2) is 243 Å². The van der Waals surface area contributed by atoms with E-state index in [0.717, 1.165) is 68.1 Å². The van der Waals surface area contributed by atoms with Gasteiger partial charge in [-0.1, -0.05) is 206 Å². The highest BCUT2D eigenvalue weighted by Gasteiger charge is 2.37. The quantitative estimate of drug-likeness (QED) is 0.0998. The molecular weight excluding hydrogens is 1190 g/mol. The maximum Gasteiger partial charge on any atom is 0.416 e. The Morgan fingerprint density at radius 1 is 0.174 bits per heavy atom. The molecule has 0 bridgehead atoms. The number of aryl methyl sites for hydroxylation is 4. The van der Waals surface area contributed by atoms with Crippen molar-refractivity contribution in [3.63, 3.8) is 0 Å². The lowest BCUT2D eigenvalue weighted by molar-refractivity contribution is -0.138. The van der Waals surface area contributed by atoms with Crippen molar-refractivity contribution in [1.82, 2.24) is 0 Å². The largest absolute Gasteiger partial charge is 0.416 e. The topological polar surface area (TPSA) is 0 Å². The second-order valence-electron chi connectivity index (χ2n) is 23.3.